The summed E-state index contributed by atoms with van der Waals surface area (Å²) in [5.41, 5.74) is -0.603. The molecule has 0 aromatic heterocycles. The standard InChI is InChI=1S/C11H23N3O6/c1-11(2,3)20-10(16)13-8-9(15)12-6-4-5-7-19-14(17)18/h17-18H,4-8H2,1-3H3,(H,12,15)(H,13,16). The van der Waals surface area contributed by atoms with Crippen LogP contribution in [0, 0.1) is 0 Å². The minimum atomic E-state index is -0.646. The highest BCUT2D eigenvalue weighted by molar-refractivity contribution is 5.82. The molecule has 4 N–H and O–H groups in total. The molecule has 9 nitrogen and oxygen atoms in total. The van der Waals surface area contributed by atoms with Gasteiger partial charge in [-0.05, 0) is 33.6 Å². The molecule has 0 aromatic rings. The van der Waals surface area contributed by atoms with E-state index in [4.69, 9.17) is 15.2 Å². The van der Waals surface area contributed by atoms with E-state index in [2.05, 4.69) is 15.5 Å². The number of nitrogens with zero attached hydrogens (tertiary/aromatic N) is 1. The van der Waals surface area contributed by atoms with Gasteiger partial charge in [0.25, 0.3) is 0 Å². The maximum atomic E-state index is 11.4. The van der Waals surface area contributed by atoms with Gasteiger partial charge in [-0.25, -0.2) is 4.79 Å². The zero-order chi connectivity index (χ0) is 15.6. The van der Waals surface area contributed by atoms with Crippen molar-refractivity contribution < 1.29 is 29.6 Å². The Morgan fingerprint density at radius 1 is 1.15 bits per heavy atom. The Morgan fingerprint density at radius 2 is 1.80 bits per heavy atom. The molecule has 20 heavy (non-hydrogen) atoms. The van der Waals surface area contributed by atoms with Gasteiger partial charge < -0.3 is 15.4 Å². The Bertz CT molecular complexity index is 303. The maximum Gasteiger partial charge on any atom is 0.408 e. The van der Waals surface area contributed by atoms with Gasteiger partial charge in [-0.3, -0.25) is 20.0 Å². The number of hydrogen-bond donors (Lipinski definition) is 4. The molecule has 0 aliphatic rings. The fraction of sp³-hybridized carbons (Fsp3) is 0.818. The summed E-state index contributed by atoms with van der Waals surface area (Å²) in [7, 11) is 0. The van der Waals surface area contributed by atoms with Crippen LogP contribution in [-0.4, -0.2) is 53.1 Å². The van der Waals surface area contributed by atoms with Crippen LogP contribution in [0.3, 0.4) is 0 Å². The van der Waals surface area contributed by atoms with E-state index in [-0.39, 0.29) is 24.4 Å². The number of carbonyl (C=O) groups is 2. The van der Waals surface area contributed by atoms with Gasteiger partial charge in [-0.1, -0.05) is 0 Å². The van der Waals surface area contributed by atoms with Gasteiger partial charge in [0.2, 0.25) is 5.91 Å². The second kappa shape index (κ2) is 9.48. The lowest BCUT2D eigenvalue weighted by Crippen LogP contribution is -2.40. The fourth-order valence-corrected chi connectivity index (χ4v) is 1.13. The van der Waals surface area contributed by atoms with Crippen LogP contribution in [0.1, 0.15) is 33.6 Å². The van der Waals surface area contributed by atoms with E-state index in [9.17, 15) is 9.59 Å². The second-order valence-corrected chi connectivity index (χ2v) is 5.00. The molecule has 0 rings (SSSR count). The van der Waals surface area contributed by atoms with Crippen LogP contribution in [0.25, 0.3) is 0 Å². The van der Waals surface area contributed by atoms with Crippen LogP contribution in [-0.2, 0) is 14.4 Å². The Kier molecular flexibility index (Phi) is 8.81. The molecule has 0 heterocycles. The molecule has 0 radical (unpaired) electrons. The van der Waals surface area contributed by atoms with Crippen molar-refractivity contribution in [3.05, 3.63) is 0 Å². The predicted molar refractivity (Wildman–Crippen MR) is 67.8 cm³/mol. The molecule has 0 aliphatic carbocycles. The largest absolute Gasteiger partial charge is 0.444 e. The number of amides is 2. The van der Waals surface area contributed by atoms with Gasteiger partial charge in [0.05, 0.1) is 18.5 Å². The maximum absolute atomic E-state index is 11.4. The highest BCUT2D eigenvalue weighted by Crippen LogP contribution is 2.05. The van der Waals surface area contributed by atoms with Gasteiger partial charge in [0.1, 0.15) is 5.60 Å². The number of nitrogens with one attached hydrogen (secondary N) is 2. The van der Waals surface area contributed by atoms with Crippen LogP contribution >= 0.6 is 0 Å². The molecular formula is C11H23N3O6. The summed E-state index contributed by atoms with van der Waals surface area (Å²) < 4.78 is 4.97. The van der Waals surface area contributed by atoms with Gasteiger partial charge in [0, 0.05) is 6.54 Å². The topological polar surface area (TPSA) is 120 Å². The third-order valence-corrected chi connectivity index (χ3v) is 1.89. The lowest BCUT2D eigenvalue weighted by atomic mass is 10.2. The van der Waals surface area contributed by atoms with Crippen molar-refractivity contribution in [1.82, 2.24) is 16.0 Å². The first-order chi connectivity index (χ1) is 9.20. The summed E-state index contributed by atoms with van der Waals surface area (Å²) in [6.07, 6.45) is 0.496. The van der Waals surface area contributed by atoms with E-state index in [1.165, 1.54) is 0 Å². The smallest absolute Gasteiger partial charge is 0.408 e. The monoisotopic (exact) mass is 293 g/mol. The summed E-state index contributed by atoms with van der Waals surface area (Å²) in [4.78, 5) is 26.9. The first kappa shape index (κ1) is 18.6. The van der Waals surface area contributed by atoms with Crippen LogP contribution in [0.2, 0.25) is 0 Å². The zero-order valence-corrected chi connectivity index (χ0v) is 12.0. The molecule has 9 heteroatoms. The number of carbonyl (C=O) groups excluding carboxylic acids is 2. The molecule has 0 spiro atoms. The van der Waals surface area contributed by atoms with Gasteiger partial charge in [-0.15, -0.1) is 0 Å². The number of ether oxygens (including phenoxy) is 1. The minimum Gasteiger partial charge on any atom is -0.444 e. The van der Waals surface area contributed by atoms with Crippen molar-refractivity contribution in [2.45, 2.75) is 39.2 Å². The van der Waals surface area contributed by atoms with Crippen LogP contribution < -0.4 is 10.6 Å². The van der Waals surface area contributed by atoms with E-state index in [1.807, 2.05) is 0 Å². The predicted octanol–water partition coefficient (Wildman–Crippen LogP) is 0.420. The minimum absolute atomic E-state index is 0.124. The normalized spacial score (nSPS) is 11.3. The third kappa shape index (κ3) is 13.0. The Hall–Kier alpha value is -1.42. The molecule has 118 valence electrons. The molecule has 0 fully saturated rings. The van der Waals surface area contributed by atoms with E-state index in [1.54, 1.807) is 20.8 Å². The summed E-state index contributed by atoms with van der Waals surface area (Å²) in [6, 6.07) is 0. The van der Waals surface area contributed by atoms with Crippen LogP contribution in [0.15, 0.2) is 0 Å². The van der Waals surface area contributed by atoms with Crippen molar-refractivity contribution >= 4 is 12.0 Å². The highest BCUT2D eigenvalue weighted by Gasteiger charge is 2.16. The second-order valence-electron chi connectivity index (χ2n) is 5.00. The highest BCUT2D eigenvalue weighted by atomic mass is 17.1. The van der Waals surface area contributed by atoms with E-state index in [0.29, 0.717) is 19.4 Å². The number of hydrogen-bond acceptors (Lipinski definition) is 7. The summed E-state index contributed by atoms with van der Waals surface area (Å²) >= 11 is 0. The lowest BCUT2D eigenvalue weighted by Gasteiger charge is -2.19. The van der Waals surface area contributed by atoms with Crippen molar-refractivity contribution in [2.24, 2.45) is 0 Å². The molecule has 0 bridgehead atoms. The van der Waals surface area contributed by atoms with Gasteiger partial charge in [-0.2, -0.15) is 0 Å². The fourth-order valence-electron chi connectivity index (χ4n) is 1.13. The van der Waals surface area contributed by atoms with Crippen LogP contribution in [0.4, 0.5) is 4.79 Å². The molecule has 0 aliphatic heterocycles. The SMILES string of the molecule is CC(C)(C)OC(=O)NCC(=O)NCCCCON(O)O. The van der Waals surface area contributed by atoms with Crippen LogP contribution in [0.5, 0.6) is 0 Å². The van der Waals surface area contributed by atoms with Crippen molar-refractivity contribution in [2.75, 3.05) is 19.7 Å². The molecular weight excluding hydrogens is 270 g/mol. The first-order valence-corrected chi connectivity index (χ1v) is 6.25. The third-order valence-electron chi connectivity index (χ3n) is 1.89. The number of unbranched alkanes of at least 4 members (excludes halogenated alkanes) is 1. The average Bonchev–Trinajstić information content (AvgIpc) is 2.28. The Morgan fingerprint density at radius 3 is 2.35 bits per heavy atom. The quantitative estimate of drug-likeness (QED) is 0.378. The van der Waals surface area contributed by atoms with E-state index >= 15 is 0 Å². The summed E-state index contributed by atoms with van der Waals surface area (Å²) in [5, 5.41) is 21.1. The van der Waals surface area contributed by atoms with E-state index < -0.39 is 11.7 Å². The zero-order valence-electron chi connectivity index (χ0n) is 12.0. The number of rotatable bonds is 8. The molecule has 0 atom stereocenters. The lowest BCUT2D eigenvalue weighted by molar-refractivity contribution is -0.492. The summed E-state index contributed by atoms with van der Waals surface area (Å²) in [5.74, 6) is -0.331. The van der Waals surface area contributed by atoms with Crippen molar-refractivity contribution in [1.29, 1.82) is 0 Å². The van der Waals surface area contributed by atoms with Gasteiger partial charge >= 0.3 is 6.09 Å². The summed E-state index contributed by atoms with van der Waals surface area (Å²) in [6.45, 7) is 5.55. The average molecular weight is 293 g/mol. The molecule has 2 amide bonds. The molecule has 0 saturated heterocycles. The van der Waals surface area contributed by atoms with E-state index in [0.717, 1.165) is 0 Å². The van der Waals surface area contributed by atoms with Gasteiger partial charge in [0.15, 0.2) is 0 Å². The molecule has 0 saturated carbocycles. The van der Waals surface area contributed by atoms with Crippen molar-refractivity contribution in [3.63, 3.8) is 0 Å². The Labute approximate surface area is 117 Å². The molecule has 0 aromatic carbocycles. The number of alkyl carbamates (subject to hydrolysis) is 1. The molecule has 0 unspecified atom stereocenters. The van der Waals surface area contributed by atoms with Crippen molar-refractivity contribution in [3.8, 4) is 0 Å². The first-order valence-electron chi connectivity index (χ1n) is 6.25. The Balaban J connectivity index is 3.53.